The first-order valence-electron chi connectivity index (χ1n) is 8.57. The summed E-state index contributed by atoms with van der Waals surface area (Å²) in [6.07, 6.45) is -1.30. The molecule has 2 aromatic heterocycles. The van der Waals surface area contributed by atoms with Gasteiger partial charge in [0.25, 0.3) is 0 Å². The monoisotopic (exact) mass is 454 g/mol. The number of aryl methyl sites for hydroxylation is 1. The molecule has 0 amide bonds. The van der Waals surface area contributed by atoms with E-state index in [0.29, 0.717) is 34.3 Å². The van der Waals surface area contributed by atoms with Crippen LogP contribution in [0.1, 0.15) is 18.2 Å². The van der Waals surface area contributed by atoms with Crippen LogP contribution in [0.15, 0.2) is 35.6 Å². The zero-order chi connectivity index (χ0) is 20.3. The largest absolute Gasteiger partial charge is 0.493 e. The quantitative estimate of drug-likeness (QED) is 0.390. The molecule has 9 heteroatoms. The first kappa shape index (κ1) is 20.3. The van der Waals surface area contributed by atoms with Crippen LogP contribution in [0.2, 0.25) is 0 Å². The van der Waals surface area contributed by atoms with Gasteiger partial charge in [-0.2, -0.15) is 13.2 Å². The summed E-state index contributed by atoms with van der Waals surface area (Å²) in [5.41, 5.74) is 1.86. The van der Waals surface area contributed by atoms with Crippen LogP contribution in [0.25, 0.3) is 22.3 Å². The molecule has 0 aliphatic rings. The molecule has 3 aromatic rings. The summed E-state index contributed by atoms with van der Waals surface area (Å²) < 4.78 is 47.5. The standard InChI is InChI=1S/C19H18BrF3N4O/c1-3-28-17-5-4-12(8-13(17)19(21,22)23)14-9-16-18(15(26-14)10-24-2)25-11-27(16)7-6-20/h4-5,8-11H,3,6-7H2,1-2H3. The van der Waals surface area contributed by atoms with E-state index in [2.05, 4.69) is 30.9 Å². The van der Waals surface area contributed by atoms with Crippen LogP contribution < -0.4 is 4.74 Å². The summed E-state index contributed by atoms with van der Waals surface area (Å²) in [5, 5.41) is 0.717. The third-order valence-electron chi connectivity index (χ3n) is 4.09. The van der Waals surface area contributed by atoms with Crippen molar-refractivity contribution in [2.75, 3.05) is 19.0 Å². The van der Waals surface area contributed by atoms with Gasteiger partial charge in [-0.1, -0.05) is 15.9 Å². The molecule has 0 radical (unpaired) electrons. The number of hydrogen-bond donors (Lipinski definition) is 0. The third kappa shape index (κ3) is 4.04. The highest BCUT2D eigenvalue weighted by Crippen LogP contribution is 2.39. The molecule has 0 aliphatic heterocycles. The minimum absolute atomic E-state index is 0.148. The van der Waals surface area contributed by atoms with Crippen molar-refractivity contribution in [3.8, 4) is 17.0 Å². The van der Waals surface area contributed by atoms with Crippen molar-refractivity contribution in [1.82, 2.24) is 14.5 Å². The third-order valence-corrected chi connectivity index (χ3v) is 4.45. The van der Waals surface area contributed by atoms with E-state index in [9.17, 15) is 13.2 Å². The summed E-state index contributed by atoms with van der Waals surface area (Å²) in [5.74, 6) is -0.195. The lowest BCUT2D eigenvalue weighted by Gasteiger charge is -2.15. The molecule has 0 aliphatic carbocycles. The van der Waals surface area contributed by atoms with Gasteiger partial charge in [-0.05, 0) is 31.2 Å². The molecule has 0 unspecified atom stereocenters. The second-order valence-electron chi connectivity index (χ2n) is 5.92. The highest BCUT2D eigenvalue weighted by Gasteiger charge is 2.35. The Morgan fingerprint density at radius 2 is 2.07 bits per heavy atom. The highest BCUT2D eigenvalue weighted by atomic mass is 79.9. The molecular weight excluding hydrogens is 437 g/mol. The smallest absolute Gasteiger partial charge is 0.419 e. The minimum atomic E-state index is -4.53. The normalized spacial score (nSPS) is 12.2. The molecule has 5 nitrogen and oxygen atoms in total. The maximum Gasteiger partial charge on any atom is 0.419 e. The van der Waals surface area contributed by atoms with E-state index >= 15 is 0 Å². The van der Waals surface area contributed by atoms with Crippen LogP contribution in [0.4, 0.5) is 13.2 Å². The zero-order valence-corrected chi connectivity index (χ0v) is 16.9. The Hall–Kier alpha value is -2.42. The van der Waals surface area contributed by atoms with Crippen LogP contribution in [-0.2, 0) is 12.7 Å². The van der Waals surface area contributed by atoms with Crippen molar-refractivity contribution >= 4 is 33.2 Å². The van der Waals surface area contributed by atoms with Gasteiger partial charge in [0.05, 0.1) is 29.7 Å². The summed E-state index contributed by atoms with van der Waals surface area (Å²) in [6, 6.07) is 5.72. The van der Waals surface area contributed by atoms with Gasteiger partial charge in [-0.25, -0.2) is 9.97 Å². The molecule has 0 N–H and O–H groups in total. The number of imidazole rings is 1. The number of benzene rings is 1. The maximum atomic E-state index is 13.5. The van der Waals surface area contributed by atoms with Gasteiger partial charge < -0.3 is 9.30 Å². The maximum absolute atomic E-state index is 13.5. The van der Waals surface area contributed by atoms with Crippen LogP contribution >= 0.6 is 15.9 Å². The van der Waals surface area contributed by atoms with Gasteiger partial charge in [-0.15, -0.1) is 0 Å². The van der Waals surface area contributed by atoms with Crippen molar-refractivity contribution in [1.29, 1.82) is 0 Å². The molecule has 148 valence electrons. The predicted molar refractivity (Wildman–Crippen MR) is 106 cm³/mol. The van der Waals surface area contributed by atoms with Crippen molar-refractivity contribution in [3.63, 3.8) is 0 Å². The van der Waals surface area contributed by atoms with Crippen molar-refractivity contribution in [2.24, 2.45) is 4.99 Å². The molecular formula is C19H18BrF3N4O. The molecule has 0 atom stereocenters. The molecule has 0 spiro atoms. The van der Waals surface area contributed by atoms with Gasteiger partial charge in [0.2, 0.25) is 0 Å². The number of fused-ring (bicyclic) bond motifs is 1. The Bertz CT molecular complexity index is 1010. The molecule has 28 heavy (non-hydrogen) atoms. The molecule has 0 saturated carbocycles. The summed E-state index contributed by atoms with van der Waals surface area (Å²) in [4.78, 5) is 12.9. The Balaban J connectivity index is 2.21. The molecule has 2 heterocycles. The fraction of sp³-hybridized carbons (Fsp3) is 0.316. The fourth-order valence-electron chi connectivity index (χ4n) is 2.91. The van der Waals surface area contributed by atoms with E-state index in [1.807, 2.05) is 4.57 Å². The Labute approximate surface area is 168 Å². The number of rotatable bonds is 6. The van der Waals surface area contributed by atoms with Gasteiger partial charge in [0.15, 0.2) is 0 Å². The topological polar surface area (TPSA) is 52.3 Å². The summed E-state index contributed by atoms with van der Waals surface area (Å²) in [7, 11) is 1.61. The van der Waals surface area contributed by atoms with E-state index in [0.717, 1.165) is 11.6 Å². The second kappa shape index (κ2) is 8.30. The van der Waals surface area contributed by atoms with E-state index in [1.54, 1.807) is 38.6 Å². The van der Waals surface area contributed by atoms with Crippen molar-refractivity contribution < 1.29 is 17.9 Å². The number of aromatic nitrogens is 3. The molecule has 0 fully saturated rings. The van der Waals surface area contributed by atoms with E-state index in [1.165, 1.54) is 6.07 Å². The number of pyridine rings is 1. The molecule has 0 saturated heterocycles. The lowest BCUT2D eigenvalue weighted by atomic mass is 10.1. The lowest BCUT2D eigenvalue weighted by molar-refractivity contribution is -0.138. The SMILES string of the molecule is CCOc1ccc(-c2cc3c(ncn3CCBr)c(C=NC)n2)cc1C(F)(F)F. The van der Waals surface area contributed by atoms with Crippen LogP contribution in [0, 0.1) is 0 Å². The number of alkyl halides is 4. The molecule has 0 bridgehead atoms. The van der Waals surface area contributed by atoms with Gasteiger partial charge in [0, 0.05) is 30.7 Å². The van der Waals surface area contributed by atoms with Gasteiger partial charge in [-0.3, -0.25) is 4.99 Å². The van der Waals surface area contributed by atoms with E-state index in [-0.39, 0.29) is 12.4 Å². The second-order valence-corrected chi connectivity index (χ2v) is 6.71. The average Bonchev–Trinajstić information content (AvgIpc) is 3.05. The van der Waals surface area contributed by atoms with E-state index in [4.69, 9.17) is 4.74 Å². The van der Waals surface area contributed by atoms with Crippen LogP contribution in [0.3, 0.4) is 0 Å². The molecule has 3 rings (SSSR count). The number of ether oxygens (including phenoxy) is 1. The first-order valence-corrected chi connectivity index (χ1v) is 9.69. The summed E-state index contributed by atoms with van der Waals surface area (Å²) in [6.45, 7) is 2.46. The number of aliphatic imine (C=N–C) groups is 1. The van der Waals surface area contributed by atoms with Crippen LogP contribution in [0.5, 0.6) is 5.75 Å². The summed E-state index contributed by atoms with van der Waals surface area (Å²) >= 11 is 3.39. The average molecular weight is 455 g/mol. The Morgan fingerprint density at radius 1 is 1.29 bits per heavy atom. The Kier molecular flexibility index (Phi) is 6.02. The lowest BCUT2D eigenvalue weighted by Crippen LogP contribution is -2.09. The van der Waals surface area contributed by atoms with Gasteiger partial charge >= 0.3 is 6.18 Å². The van der Waals surface area contributed by atoms with Crippen LogP contribution in [-0.4, -0.2) is 39.7 Å². The fourth-order valence-corrected chi connectivity index (χ4v) is 3.29. The number of halogens is 4. The highest BCUT2D eigenvalue weighted by molar-refractivity contribution is 9.09. The Morgan fingerprint density at radius 3 is 2.71 bits per heavy atom. The number of hydrogen-bond acceptors (Lipinski definition) is 4. The minimum Gasteiger partial charge on any atom is -0.493 e. The predicted octanol–water partition coefficient (Wildman–Crippen LogP) is 4.96. The van der Waals surface area contributed by atoms with Crippen molar-refractivity contribution in [2.45, 2.75) is 19.6 Å². The first-order chi connectivity index (χ1) is 13.4. The van der Waals surface area contributed by atoms with Crippen molar-refractivity contribution in [3.05, 3.63) is 41.9 Å². The number of nitrogens with zero attached hydrogens (tertiary/aromatic N) is 4. The zero-order valence-electron chi connectivity index (χ0n) is 15.3. The van der Waals surface area contributed by atoms with Gasteiger partial charge in [0.1, 0.15) is 17.0 Å². The molecule has 1 aromatic carbocycles. The van der Waals surface area contributed by atoms with E-state index < -0.39 is 11.7 Å².